The number of hydrogen-bond donors (Lipinski definition) is 2. The molecular weight excluding hydrogens is 262 g/mol. The van der Waals surface area contributed by atoms with Crippen molar-refractivity contribution in [3.63, 3.8) is 0 Å². The topological polar surface area (TPSA) is 75.1 Å². The van der Waals surface area contributed by atoms with Crippen LogP contribution in [0.5, 0.6) is 0 Å². The lowest BCUT2D eigenvalue weighted by Crippen LogP contribution is -2.34. The summed E-state index contributed by atoms with van der Waals surface area (Å²) in [6.07, 6.45) is 0.0480. The maximum absolute atomic E-state index is 11.6. The van der Waals surface area contributed by atoms with Crippen LogP contribution in [-0.2, 0) is 0 Å². The van der Waals surface area contributed by atoms with Crippen LogP contribution in [-0.4, -0.2) is 33.9 Å². The summed E-state index contributed by atoms with van der Waals surface area (Å²) in [5, 5.41) is 19.7. The van der Waals surface area contributed by atoms with Crippen LogP contribution in [0.3, 0.4) is 0 Å². The zero-order valence-electron chi connectivity index (χ0n) is 10.0. The minimum Gasteiger partial charge on any atom is -0.391 e. The standard InChI is InChI=1S/C10H16ClN3O2S/c1-10(2,3)4-6(15)5-12-7(16)8-13-14-9(11)17-8/h6,15H,4-5H2,1-3H3,(H,12,16). The molecule has 0 aliphatic carbocycles. The maximum atomic E-state index is 11.6. The molecular formula is C10H16ClN3O2S. The second kappa shape index (κ2) is 5.75. The van der Waals surface area contributed by atoms with Crippen LogP contribution in [0.15, 0.2) is 0 Å². The van der Waals surface area contributed by atoms with Crippen molar-refractivity contribution in [1.29, 1.82) is 0 Å². The number of aliphatic hydroxyl groups excluding tert-OH is 1. The number of nitrogens with one attached hydrogen (secondary N) is 1. The van der Waals surface area contributed by atoms with Gasteiger partial charge in [-0.2, -0.15) is 0 Å². The Morgan fingerprint density at radius 2 is 2.18 bits per heavy atom. The van der Waals surface area contributed by atoms with Gasteiger partial charge < -0.3 is 10.4 Å². The molecule has 0 radical (unpaired) electrons. The maximum Gasteiger partial charge on any atom is 0.282 e. The van der Waals surface area contributed by atoms with Crippen LogP contribution in [0.25, 0.3) is 0 Å². The summed E-state index contributed by atoms with van der Waals surface area (Å²) in [5.74, 6) is -0.359. The number of halogens is 1. The van der Waals surface area contributed by atoms with E-state index in [1.54, 1.807) is 0 Å². The zero-order chi connectivity index (χ0) is 13.1. The van der Waals surface area contributed by atoms with Gasteiger partial charge in [-0.25, -0.2) is 0 Å². The monoisotopic (exact) mass is 277 g/mol. The van der Waals surface area contributed by atoms with Gasteiger partial charge in [-0.05, 0) is 23.4 Å². The molecule has 1 aromatic rings. The molecule has 2 N–H and O–H groups in total. The summed E-state index contributed by atoms with van der Waals surface area (Å²) in [5.41, 5.74) is 0.0240. The van der Waals surface area contributed by atoms with Gasteiger partial charge in [-0.1, -0.05) is 32.1 Å². The molecule has 0 saturated carbocycles. The zero-order valence-corrected chi connectivity index (χ0v) is 11.6. The average molecular weight is 278 g/mol. The molecule has 0 bridgehead atoms. The van der Waals surface area contributed by atoms with Gasteiger partial charge in [0.15, 0.2) is 0 Å². The minimum atomic E-state index is -0.567. The molecule has 5 nitrogen and oxygen atoms in total. The first kappa shape index (κ1) is 14.3. The molecule has 1 aromatic heterocycles. The third-order valence-electron chi connectivity index (χ3n) is 1.94. The number of carbonyl (C=O) groups excluding carboxylic acids is 1. The number of hydrogen-bond acceptors (Lipinski definition) is 5. The summed E-state index contributed by atoms with van der Waals surface area (Å²) < 4.78 is 0.227. The van der Waals surface area contributed by atoms with Gasteiger partial charge in [0.2, 0.25) is 9.47 Å². The molecule has 0 spiro atoms. The van der Waals surface area contributed by atoms with E-state index in [1.165, 1.54) is 0 Å². The molecule has 1 atom stereocenters. The molecule has 1 rings (SSSR count). The fraction of sp³-hybridized carbons (Fsp3) is 0.700. The summed E-state index contributed by atoms with van der Waals surface area (Å²) in [6, 6.07) is 0. The molecule has 17 heavy (non-hydrogen) atoms. The average Bonchev–Trinajstić information content (AvgIpc) is 2.58. The number of rotatable bonds is 4. The lowest BCUT2D eigenvalue weighted by atomic mass is 9.89. The van der Waals surface area contributed by atoms with E-state index >= 15 is 0 Å². The lowest BCUT2D eigenvalue weighted by molar-refractivity contribution is 0.0867. The predicted molar refractivity (Wildman–Crippen MR) is 67.3 cm³/mol. The molecule has 0 saturated heterocycles. The van der Waals surface area contributed by atoms with E-state index in [1.807, 2.05) is 20.8 Å². The van der Waals surface area contributed by atoms with Gasteiger partial charge in [-0.15, -0.1) is 10.2 Å². The molecule has 1 amide bonds. The summed E-state index contributed by atoms with van der Waals surface area (Å²) in [6.45, 7) is 6.29. The highest BCUT2D eigenvalue weighted by Crippen LogP contribution is 2.20. The Morgan fingerprint density at radius 1 is 1.53 bits per heavy atom. The second-order valence-corrected chi connectivity index (χ2v) is 6.55. The van der Waals surface area contributed by atoms with Crippen molar-refractivity contribution in [2.45, 2.75) is 33.3 Å². The van der Waals surface area contributed by atoms with Crippen molar-refractivity contribution in [1.82, 2.24) is 15.5 Å². The molecule has 0 fully saturated rings. The fourth-order valence-corrected chi connectivity index (χ4v) is 2.11. The lowest BCUT2D eigenvalue weighted by Gasteiger charge is -2.22. The molecule has 7 heteroatoms. The number of aliphatic hydroxyl groups is 1. The van der Waals surface area contributed by atoms with Crippen molar-refractivity contribution in [2.75, 3.05) is 6.54 Å². The number of nitrogens with zero attached hydrogens (tertiary/aromatic N) is 2. The summed E-state index contributed by atoms with van der Waals surface area (Å²) >= 11 is 6.58. The molecule has 1 heterocycles. The smallest absolute Gasteiger partial charge is 0.282 e. The van der Waals surface area contributed by atoms with Gasteiger partial charge >= 0.3 is 0 Å². The third kappa shape index (κ3) is 5.43. The Balaban J connectivity index is 2.38. The Morgan fingerprint density at radius 3 is 2.65 bits per heavy atom. The number of amides is 1. The molecule has 0 aliphatic heterocycles. The van der Waals surface area contributed by atoms with Crippen LogP contribution in [0.1, 0.15) is 37.0 Å². The first-order chi connectivity index (χ1) is 7.78. The highest BCUT2D eigenvalue weighted by atomic mass is 35.5. The Bertz CT molecular complexity index is 389. The van der Waals surface area contributed by atoms with Gasteiger partial charge in [0.05, 0.1) is 6.10 Å². The molecule has 1 unspecified atom stereocenters. The van der Waals surface area contributed by atoms with Crippen LogP contribution in [0.4, 0.5) is 0 Å². The number of carbonyl (C=O) groups is 1. The van der Waals surface area contributed by atoms with Crippen LogP contribution >= 0.6 is 22.9 Å². The molecule has 96 valence electrons. The van der Waals surface area contributed by atoms with E-state index in [0.717, 1.165) is 11.3 Å². The van der Waals surface area contributed by atoms with E-state index in [-0.39, 0.29) is 27.3 Å². The summed E-state index contributed by atoms with van der Waals surface area (Å²) in [4.78, 5) is 11.6. The largest absolute Gasteiger partial charge is 0.391 e. The van der Waals surface area contributed by atoms with E-state index < -0.39 is 6.10 Å². The van der Waals surface area contributed by atoms with Gasteiger partial charge in [0.25, 0.3) is 5.91 Å². The van der Waals surface area contributed by atoms with Crippen molar-refractivity contribution in [2.24, 2.45) is 5.41 Å². The third-order valence-corrected chi connectivity index (χ3v) is 2.96. The van der Waals surface area contributed by atoms with E-state index in [9.17, 15) is 9.90 Å². The first-order valence-electron chi connectivity index (χ1n) is 5.23. The van der Waals surface area contributed by atoms with Gasteiger partial charge in [-0.3, -0.25) is 4.79 Å². The molecule has 0 aliphatic rings. The Labute approximate surface area is 109 Å². The van der Waals surface area contributed by atoms with E-state index in [4.69, 9.17) is 11.6 Å². The van der Waals surface area contributed by atoms with Crippen LogP contribution in [0, 0.1) is 5.41 Å². The normalized spacial score (nSPS) is 13.5. The minimum absolute atomic E-state index is 0.0240. The van der Waals surface area contributed by atoms with Gasteiger partial charge in [0.1, 0.15) is 0 Å². The highest BCUT2D eigenvalue weighted by Gasteiger charge is 2.18. The predicted octanol–water partition coefficient (Wildman–Crippen LogP) is 1.72. The first-order valence-corrected chi connectivity index (χ1v) is 6.42. The quantitative estimate of drug-likeness (QED) is 0.879. The fourth-order valence-electron chi connectivity index (χ4n) is 1.36. The van der Waals surface area contributed by atoms with Gasteiger partial charge in [0, 0.05) is 6.54 Å². The Hall–Kier alpha value is -0.720. The van der Waals surface area contributed by atoms with Crippen LogP contribution in [0.2, 0.25) is 4.47 Å². The SMILES string of the molecule is CC(C)(C)CC(O)CNC(=O)c1nnc(Cl)s1. The van der Waals surface area contributed by atoms with Crippen molar-refractivity contribution >= 4 is 28.8 Å². The van der Waals surface area contributed by atoms with Crippen molar-refractivity contribution in [3.8, 4) is 0 Å². The summed E-state index contributed by atoms with van der Waals surface area (Å²) in [7, 11) is 0. The van der Waals surface area contributed by atoms with E-state index in [0.29, 0.717) is 6.42 Å². The van der Waals surface area contributed by atoms with E-state index in [2.05, 4.69) is 15.5 Å². The highest BCUT2D eigenvalue weighted by molar-refractivity contribution is 7.17. The second-order valence-electron chi connectivity index (χ2n) is 4.99. The van der Waals surface area contributed by atoms with Crippen molar-refractivity contribution < 1.29 is 9.90 Å². The van der Waals surface area contributed by atoms with Crippen LogP contribution < -0.4 is 5.32 Å². The number of aromatic nitrogens is 2. The molecule has 0 aromatic carbocycles. The Kier molecular flexibility index (Phi) is 4.85. The van der Waals surface area contributed by atoms with Crippen molar-refractivity contribution in [3.05, 3.63) is 9.47 Å².